The lowest BCUT2D eigenvalue weighted by molar-refractivity contribution is 0.198. The first-order valence-electron chi connectivity index (χ1n) is 7.18. The number of aliphatic hydroxyl groups excluding tert-OH is 1. The van der Waals surface area contributed by atoms with E-state index in [1.165, 1.54) is 0 Å². The molecule has 0 spiro atoms. The number of hydrogen-bond acceptors (Lipinski definition) is 7. The Morgan fingerprint density at radius 1 is 1.48 bits per heavy atom. The van der Waals surface area contributed by atoms with Crippen molar-refractivity contribution in [3.8, 4) is 0 Å². The number of aromatic nitrogens is 3. The zero-order valence-electron chi connectivity index (χ0n) is 12.0. The van der Waals surface area contributed by atoms with Crippen molar-refractivity contribution >= 4 is 23.1 Å². The van der Waals surface area contributed by atoms with Crippen LogP contribution in [0.25, 0.3) is 0 Å². The lowest BCUT2D eigenvalue weighted by Gasteiger charge is -2.16. The van der Waals surface area contributed by atoms with Crippen LogP contribution in [-0.2, 0) is 13.0 Å². The van der Waals surface area contributed by atoms with E-state index >= 15 is 0 Å². The van der Waals surface area contributed by atoms with Gasteiger partial charge in [0, 0.05) is 24.7 Å². The van der Waals surface area contributed by atoms with Crippen LogP contribution >= 0.6 is 11.3 Å². The van der Waals surface area contributed by atoms with Crippen molar-refractivity contribution in [2.45, 2.75) is 32.4 Å². The fourth-order valence-electron chi connectivity index (χ4n) is 2.31. The average Bonchev–Trinajstić information content (AvgIpc) is 3.14. The van der Waals surface area contributed by atoms with Crippen LogP contribution in [0.1, 0.15) is 24.0 Å². The Labute approximate surface area is 127 Å². The molecule has 1 saturated heterocycles. The van der Waals surface area contributed by atoms with Gasteiger partial charge in [-0.15, -0.1) is 11.3 Å². The van der Waals surface area contributed by atoms with Crippen molar-refractivity contribution in [1.82, 2.24) is 15.0 Å². The molecule has 21 heavy (non-hydrogen) atoms. The summed E-state index contributed by atoms with van der Waals surface area (Å²) in [5.74, 6) is 1.46. The van der Waals surface area contributed by atoms with Crippen LogP contribution in [0, 0.1) is 0 Å². The van der Waals surface area contributed by atoms with Crippen LogP contribution < -0.4 is 10.2 Å². The molecule has 2 aromatic rings. The molecule has 2 N–H and O–H groups in total. The predicted molar refractivity (Wildman–Crippen MR) is 83.7 cm³/mol. The number of aryl methyl sites for hydroxylation is 1. The summed E-state index contributed by atoms with van der Waals surface area (Å²) in [7, 11) is 0. The summed E-state index contributed by atoms with van der Waals surface area (Å²) in [6.07, 6.45) is 3.25. The molecule has 112 valence electrons. The van der Waals surface area contributed by atoms with Gasteiger partial charge in [0.05, 0.1) is 18.3 Å². The van der Waals surface area contributed by atoms with Gasteiger partial charge in [-0.3, -0.25) is 0 Å². The van der Waals surface area contributed by atoms with Crippen molar-refractivity contribution in [2.75, 3.05) is 23.3 Å². The van der Waals surface area contributed by atoms with E-state index in [1.807, 2.05) is 6.07 Å². The third-order valence-corrected chi connectivity index (χ3v) is 4.39. The summed E-state index contributed by atoms with van der Waals surface area (Å²) in [6.45, 7) is 4.22. The fraction of sp³-hybridized carbons (Fsp3) is 0.500. The van der Waals surface area contributed by atoms with Gasteiger partial charge in [-0.05, 0) is 18.9 Å². The van der Waals surface area contributed by atoms with Gasteiger partial charge in [-0.1, -0.05) is 6.92 Å². The van der Waals surface area contributed by atoms with Crippen molar-refractivity contribution in [1.29, 1.82) is 0 Å². The van der Waals surface area contributed by atoms with E-state index in [9.17, 15) is 5.11 Å². The van der Waals surface area contributed by atoms with Gasteiger partial charge >= 0.3 is 0 Å². The second kappa shape index (κ2) is 6.36. The van der Waals surface area contributed by atoms with E-state index in [4.69, 9.17) is 0 Å². The van der Waals surface area contributed by atoms with Gasteiger partial charge in [-0.25, -0.2) is 9.97 Å². The fourth-order valence-corrected chi connectivity index (χ4v) is 3.12. The monoisotopic (exact) mass is 305 g/mol. The van der Waals surface area contributed by atoms with E-state index in [-0.39, 0.29) is 6.10 Å². The molecule has 0 radical (unpaired) electrons. The van der Waals surface area contributed by atoms with Gasteiger partial charge in [0.25, 0.3) is 0 Å². The Hall–Kier alpha value is -1.73. The number of aliphatic hydroxyl groups is 1. The van der Waals surface area contributed by atoms with E-state index in [0.717, 1.165) is 35.9 Å². The predicted octanol–water partition coefficient (Wildman–Crippen LogP) is 1.68. The lowest BCUT2D eigenvalue weighted by atomic mass is 10.3. The lowest BCUT2D eigenvalue weighted by Crippen LogP contribution is -2.22. The van der Waals surface area contributed by atoms with Crippen molar-refractivity contribution in [3.05, 3.63) is 28.3 Å². The number of anilines is 2. The number of nitrogens with zero attached hydrogens (tertiary/aromatic N) is 4. The molecule has 1 aliphatic rings. The standard InChI is InChI=1S/C14H19N5OS/c1-2-10-9-21-13(17-10)7-16-14-15-5-3-12(18-14)19-6-4-11(20)8-19/h3,5,9,11,20H,2,4,6-8H2,1H3,(H,15,16,18). The minimum absolute atomic E-state index is 0.251. The van der Waals surface area contributed by atoms with Gasteiger partial charge in [-0.2, -0.15) is 4.98 Å². The second-order valence-corrected chi connectivity index (χ2v) is 6.01. The normalized spacial score (nSPS) is 18.2. The molecule has 1 fully saturated rings. The first-order chi connectivity index (χ1) is 10.2. The number of nitrogens with one attached hydrogen (secondary N) is 1. The molecular formula is C14H19N5OS. The second-order valence-electron chi connectivity index (χ2n) is 5.07. The third kappa shape index (κ3) is 3.48. The van der Waals surface area contributed by atoms with Crippen LogP contribution in [0.4, 0.5) is 11.8 Å². The van der Waals surface area contributed by atoms with Crippen LogP contribution in [0.5, 0.6) is 0 Å². The molecule has 6 nitrogen and oxygen atoms in total. The Kier molecular flexibility index (Phi) is 4.31. The molecule has 1 unspecified atom stereocenters. The highest BCUT2D eigenvalue weighted by Crippen LogP contribution is 2.19. The zero-order valence-corrected chi connectivity index (χ0v) is 12.8. The third-order valence-electron chi connectivity index (χ3n) is 3.49. The molecule has 0 amide bonds. The number of β-amino-alcohol motifs (C(OH)–C–C–N with tert-alkyl or cyclic N) is 1. The van der Waals surface area contributed by atoms with Crippen molar-refractivity contribution in [2.24, 2.45) is 0 Å². The Bertz CT molecular complexity index is 603. The highest BCUT2D eigenvalue weighted by Gasteiger charge is 2.21. The minimum atomic E-state index is -0.251. The van der Waals surface area contributed by atoms with Crippen LogP contribution in [-0.4, -0.2) is 39.3 Å². The molecule has 1 atom stereocenters. The zero-order chi connectivity index (χ0) is 14.7. The SMILES string of the molecule is CCc1csc(CNc2nccc(N3CCC(O)C3)n2)n1. The number of hydrogen-bond donors (Lipinski definition) is 2. The van der Waals surface area contributed by atoms with Crippen molar-refractivity contribution < 1.29 is 5.11 Å². The van der Waals surface area contributed by atoms with E-state index in [2.05, 4.69) is 37.5 Å². The van der Waals surface area contributed by atoms with E-state index in [1.54, 1.807) is 17.5 Å². The van der Waals surface area contributed by atoms with E-state index < -0.39 is 0 Å². The van der Waals surface area contributed by atoms with Crippen LogP contribution in [0.3, 0.4) is 0 Å². The Morgan fingerprint density at radius 2 is 2.38 bits per heavy atom. The molecule has 7 heteroatoms. The summed E-state index contributed by atoms with van der Waals surface area (Å²) in [5.41, 5.74) is 1.12. The molecule has 2 aromatic heterocycles. The van der Waals surface area contributed by atoms with Crippen LogP contribution in [0.2, 0.25) is 0 Å². The molecule has 1 aliphatic heterocycles. The highest BCUT2D eigenvalue weighted by molar-refractivity contribution is 7.09. The van der Waals surface area contributed by atoms with Gasteiger partial charge in [0.15, 0.2) is 0 Å². The quantitative estimate of drug-likeness (QED) is 0.875. The van der Waals surface area contributed by atoms with Crippen LogP contribution in [0.15, 0.2) is 17.6 Å². The Balaban J connectivity index is 1.63. The summed E-state index contributed by atoms with van der Waals surface area (Å²) < 4.78 is 0. The first kappa shape index (κ1) is 14.2. The van der Waals surface area contributed by atoms with Gasteiger partial charge in [0.1, 0.15) is 10.8 Å². The number of rotatable bonds is 5. The number of thiazole rings is 1. The smallest absolute Gasteiger partial charge is 0.224 e. The Morgan fingerprint density at radius 3 is 3.10 bits per heavy atom. The maximum atomic E-state index is 9.60. The first-order valence-corrected chi connectivity index (χ1v) is 8.05. The summed E-state index contributed by atoms with van der Waals surface area (Å²) in [5, 5.41) is 15.9. The van der Waals surface area contributed by atoms with E-state index in [0.29, 0.717) is 19.0 Å². The molecular weight excluding hydrogens is 286 g/mol. The maximum Gasteiger partial charge on any atom is 0.224 e. The topological polar surface area (TPSA) is 74.2 Å². The highest BCUT2D eigenvalue weighted by atomic mass is 32.1. The molecule has 0 aliphatic carbocycles. The van der Waals surface area contributed by atoms with Gasteiger partial charge in [0.2, 0.25) is 5.95 Å². The maximum absolute atomic E-state index is 9.60. The largest absolute Gasteiger partial charge is 0.391 e. The summed E-state index contributed by atoms with van der Waals surface area (Å²) in [6, 6.07) is 1.88. The molecule has 0 aromatic carbocycles. The van der Waals surface area contributed by atoms with Gasteiger partial charge < -0.3 is 15.3 Å². The summed E-state index contributed by atoms with van der Waals surface area (Å²) in [4.78, 5) is 15.3. The molecule has 0 saturated carbocycles. The molecule has 0 bridgehead atoms. The molecule has 3 rings (SSSR count). The summed E-state index contributed by atoms with van der Waals surface area (Å²) >= 11 is 1.65. The minimum Gasteiger partial charge on any atom is -0.391 e. The molecule has 3 heterocycles. The average molecular weight is 305 g/mol. The van der Waals surface area contributed by atoms with Crippen molar-refractivity contribution in [3.63, 3.8) is 0 Å².